The van der Waals surface area contributed by atoms with E-state index in [2.05, 4.69) is 0 Å². The Morgan fingerprint density at radius 1 is 1.08 bits per heavy atom. The molecule has 0 unspecified atom stereocenters. The molecular formula is C9H15F3. The fourth-order valence-corrected chi connectivity index (χ4v) is 0.973. The van der Waals surface area contributed by atoms with Crippen LogP contribution in [0.4, 0.5) is 13.2 Å². The van der Waals surface area contributed by atoms with Gasteiger partial charge < -0.3 is 0 Å². The lowest BCUT2D eigenvalue weighted by molar-refractivity contribution is -0.0981. The molecule has 0 aliphatic heterocycles. The molecule has 0 saturated carbocycles. The molecule has 0 fully saturated rings. The number of hydrogen-bond donors (Lipinski definition) is 0. The van der Waals surface area contributed by atoms with Gasteiger partial charge in [-0.15, -0.1) is 0 Å². The van der Waals surface area contributed by atoms with E-state index in [0.29, 0.717) is 0 Å². The molecule has 0 aliphatic carbocycles. The molecule has 3 heteroatoms. The van der Waals surface area contributed by atoms with Crippen LogP contribution in [0.5, 0.6) is 0 Å². The van der Waals surface area contributed by atoms with Crippen LogP contribution in [0, 0.1) is 11.8 Å². The van der Waals surface area contributed by atoms with Crippen LogP contribution in [0.2, 0.25) is 0 Å². The van der Waals surface area contributed by atoms with Gasteiger partial charge in [-0.3, -0.25) is 0 Å². The summed E-state index contributed by atoms with van der Waals surface area (Å²) in [4.78, 5) is 0. The summed E-state index contributed by atoms with van der Waals surface area (Å²) in [5.74, 6) is -0.503. The smallest absolute Gasteiger partial charge is 0.166 e. The first-order valence-electron chi connectivity index (χ1n) is 4.04. The summed E-state index contributed by atoms with van der Waals surface area (Å²) < 4.78 is 36.8. The first-order chi connectivity index (χ1) is 5.25. The third kappa shape index (κ3) is 3.79. The van der Waals surface area contributed by atoms with Crippen LogP contribution in [0.15, 0.2) is 11.6 Å². The van der Waals surface area contributed by atoms with Gasteiger partial charge in [-0.2, -0.15) is 13.2 Å². The largest absolute Gasteiger partial charge is 0.412 e. The predicted molar refractivity (Wildman–Crippen MR) is 43.8 cm³/mol. The quantitative estimate of drug-likeness (QED) is 0.567. The van der Waals surface area contributed by atoms with Crippen molar-refractivity contribution in [2.45, 2.75) is 33.9 Å². The number of alkyl halides is 3. The second-order valence-corrected chi connectivity index (χ2v) is 3.52. The Morgan fingerprint density at radius 3 is 1.58 bits per heavy atom. The average molecular weight is 180 g/mol. The predicted octanol–water partition coefficient (Wildman–Crippen LogP) is 3.79. The summed E-state index contributed by atoms with van der Waals surface area (Å²) in [5, 5.41) is 0. The molecule has 0 aromatic rings. The molecule has 0 rings (SSSR count). The van der Waals surface area contributed by atoms with Gasteiger partial charge in [0, 0.05) is 5.57 Å². The van der Waals surface area contributed by atoms with Gasteiger partial charge in [-0.1, -0.05) is 33.8 Å². The third-order valence-corrected chi connectivity index (χ3v) is 1.46. The van der Waals surface area contributed by atoms with E-state index in [1.807, 2.05) is 0 Å². The molecule has 0 atom stereocenters. The topological polar surface area (TPSA) is 0 Å². The Hall–Kier alpha value is -0.470. The Bertz CT molecular complexity index is 163. The molecule has 72 valence electrons. The van der Waals surface area contributed by atoms with Crippen molar-refractivity contribution >= 4 is 0 Å². The van der Waals surface area contributed by atoms with Crippen LogP contribution in [0.3, 0.4) is 0 Å². The van der Waals surface area contributed by atoms with Crippen molar-refractivity contribution in [1.82, 2.24) is 0 Å². The van der Waals surface area contributed by atoms with Gasteiger partial charge in [0.25, 0.3) is 0 Å². The van der Waals surface area contributed by atoms with Gasteiger partial charge in [0.15, 0.2) is 0 Å². The van der Waals surface area contributed by atoms with E-state index in [1.54, 1.807) is 27.7 Å². The summed E-state index contributed by atoms with van der Waals surface area (Å²) in [6.45, 7) is 6.60. The molecule has 0 radical (unpaired) electrons. The van der Waals surface area contributed by atoms with Crippen molar-refractivity contribution in [2.75, 3.05) is 0 Å². The molecular weight excluding hydrogens is 165 g/mol. The van der Waals surface area contributed by atoms with Crippen molar-refractivity contribution < 1.29 is 13.2 Å². The van der Waals surface area contributed by atoms with E-state index in [-0.39, 0.29) is 5.92 Å². The molecule has 0 aliphatic rings. The molecule has 0 heterocycles. The number of hydrogen-bond acceptors (Lipinski definition) is 0. The molecule has 0 nitrogen and oxygen atoms in total. The van der Waals surface area contributed by atoms with Crippen LogP contribution < -0.4 is 0 Å². The van der Waals surface area contributed by atoms with E-state index >= 15 is 0 Å². The van der Waals surface area contributed by atoms with Gasteiger partial charge in [0.1, 0.15) is 0 Å². The van der Waals surface area contributed by atoms with E-state index in [1.165, 1.54) is 6.08 Å². The van der Waals surface area contributed by atoms with Crippen molar-refractivity contribution in [2.24, 2.45) is 11.8 Å². The van der Waals surface area contributed by atoms with Crippen molar-refractivity contribution in [1.29, 1.82) is 0 Å². The summed E-state index contributed by atoms with van der Waals surface area (Å²) in [7, 11) is 0. The monoisotopic (exact) mass is 180 g/mol. The maximum Gasteiger partial charge on any atom is 0.412 e. The maximum absolute atomic E-state index is 12.3. The maximum atomic E-state index is 12.3. The zero-order chi connectivity index (χ0) is 9.94. The summed E-state index contributed by atoms with van der Waals surface area (Å²) in [6.07, 6.45) is -2.89. The molecule has 0 N–H and O–H groups in total. The summed E-state index contributed by atoms with van der Waals surface area (Å²) >= 11 is 0. The molecule has 0 aromatic carbocycles. The highest BCUT2D eigenvalue weighted by atomic mass is 19.4. The Morgan fingerprint density at radius 2 is 1.50 bits per heavy atom. The van der Waals surface area contributed by atoms with Crippen molar-refractivity contribution in [3.05, 3.63) is 11.6 Å². The highest BCUT2D eigenvalue weighted by Crippen LogP contribution is 2.31. The van der Waals surface area contributed by atoms with Crippen LogP contribution >= 0.6 is 0 Å². The third-order valence-electron chi connectivity index (χ3n) is 1.46. The van der Waals surface area contributed by atoms with Gasteiger partial charge in [0.2, 0.25) is 0 Å². The second kappa shape index (κ2) is 3.97. The average Bonchev–Trinajstić information content (AvgIpc) is 1.79. The molecule has 12 heavy (non-hydrogen) atoms. The molecule has 0 bridgehead atoms. The second-order valence-electron chi connectivity index (χ2n) is 3.52. The minimum atomic E-state index is -4.17. The zero-order valence-corrected chi connectivity index (χ0v) is 7.87. The van der Waals surface area contributed by atoms with E-state index < -0.39 is 17.7 Å². The first kappa shape index (κ1) is 11.5. The SMILES string of the molecule is CC(C)/C=C(\C(C)C)C(F)(F)F. The fourth-order valence-electron chi connectivity index (χ4n) is 0.973. The van der Waals surface area contributed by atoms with E-state index in [9.17, 15) is 13.2 Å². The minimum absolute atomic E-state index is 0.0518. The van der Waals surface area contributed by atoms with Crippen LogP contribution in [0.1, 0.15) is 27.7 Å². The Labute approximate surface area is 71.5 Å². The van der Waals surface area contributed by atoms with Crippen molar-refractivity contribution in [3.63, 3.8) is 0 Å². The Kier molecular flexibility index (Phi) is 3.81. The van der Waals surface area contributed by atoms with Crippen LogP contribution in [0.25, 0.3) is 0 Å². The lowest BCUT2D eigenvalue weighted by atomic mass is 9.99. The van der Waals surface area contributed by atoms with Gasteiger partial charge in [-0.05, 0) is 11.8 Å². The highest BCUT2D eigenvalue weighted by molar-refractivity contribution is 5.12. The summed E-state index contributed by atoms with van der Waals surface area (Å²) in [5.41, 5.74) is -0.419. The van der Waals surface area contributed by atoms with Crippen LogP contribution in [-0.4, -0.2) is 6.18 Å². The standard InChI is InChI=1S/C9H15F3/c1-6(2)5-8(7(3)4)9(10,11)12/h5-7H,1-4H3/b8-5+. The van der Waals surface area contributed by atoms with Crippen LogP contribution in [-0.2, 0) is 0 Å². The van der Waals surface area contributed by atoms with Gasteiger partial charge in [-0.25, -0.2) is 0 Å². The van der Waals surface area contributed by atoms with E-state index in [4.69, 9.17) is 0 Å². The molecule has 0 saturated heterocycles. The minimum Gasteiger partial charge on any atom is -0.166 e. The number of allylic oxidation sites excluding steroid dienone is 2. The molecule has 0 spiro atoms. The number of halogens is 3. The summed E-state index contributed by atoms with van der Waals surface area (Å²) in [6, 6.07) is 0. The fraction of sp³-hybridized carbons (Fsp3) is 0.778. The van der Waals surface area contributed by atoms with Gasteiger partial charge in [0.05, 0.1) is 0 Å². The molecule has 0 amide bonds. The van der Waals surface area contributed by atoms with Gasteiger partial charge >= 0.3 is 6.18 Å². The Balaban J connectivity index is 4.68. The lowest BCUT2D eigenvalue weighted by Gasteiger charge is -2.16. The number of rotatable bonds is 2. The normalized spacial score (nSPS) is 14.6. The first-order valence-corrected chi connectivity index (χ1v) is 4.04. The lowest BCUT2D eigenvalue weighted by Crippen LogP contribution is -2.17. The molecule has 0 aromatic heterocycles. The van der Waals surface area contributed by atoms with Crippen molar-refractivity contribution in [3.8, 4) is 0 Å². The zero-order valence-electron chi connectivity index (χ0n) is 7.87. The highest BCUT2D eigenvalue weighted by Gasteiger charge is 2.34. The van der Waals surface area contributed by atoms with E-state index in [0.717, 1.165) is 0 Å².